The van der Waals surface area contributed by atoms with Gasteiger partial charge in [0.2, 0.25) is 0 Å². The Kier molecular flexibility index (Phi) is 4.95. The van der Waals surface area contributed by atoms with E-state index < -0.39 is 0 Å². The fourth-order valence-corrected chi connectivity index (χ4v) is 2.95. The first-order valence-electron chi connectivity index (χ1n) is 6.60. The normalized spacial score (nSPS) is 16.4. The quantitative estimate of drug-likeness (QED) is 0.809. The molecule has 1 fully saturated rings. The maximum Gasteiger partial charge on any atom is 0.107 e. The van der Waals surface area contributed by atoms with E-state index in [1.807, 2.05) is 0 Å². The molecule has 0 amide bonds. The Morgan fingerprint density at radius 1 is 1.53 bits per heavy atom. The summed E-state index contributed by atoms with van der Waals surface area (Å²) in [6.45, 7) is 6.28. The molecule has 0 aliphatic heterocycles. The summed E-state index contributed by atoms with van der Waals surface area (Å²) in [5.74, 6) is 0.944. The monoisotopic (exact) mass is 253 g/mol. The standard InChI is InChI=1S/C13H23N3S/c1-3-14-7-13-15-12(10-17-13)9-16(2)8-11-5-4-6-11/h10-11,14H,3-9H2,1-2H3. The zero-order chi connectivity index (χ0) is 12.1. The molecule has 1 saturated carbocycles. The van der Waals surface area contributed by atoms with Crippen molar-refractivity contribution in [3.63, 3.8) is 0 Å². The van der Waals surface area contributed by atoms with Crippen LogP contribution in [0.15, 0.2) is 5.38 Å². The number of hydrogen-bond donors (Lipinski definition) is 1. The van der Waals surface area contributed by atoms with Crippen LogP contribution in [-0.2, 0) is 13.1 Å². The Balaban J connectivity index is 1.74. The summed E-state index contributed by atoms with van der Waals surface area (Å²) < 4.78 is 0. The average Bonchev–Trinajstić information content (AvgIpc) is 2.68. The fraction of sp³-hybridized carbons (Fsp3) is 0.769. The molecule has 1 heterocycles. The fourth-order valence-electron chi connectivity index (χ4n) is 2.19. The summed E-state index contributed by atoms with van der Waals surface area (Å²) >= 11 is 1.77. The maximum absolute atomic E-state index is 4.65. The van der Waals surface area contributed by atoms with Gasteiger partial charge < -0.3 is 10.2 Å². The van der Waals surface area contributed by atoms with Gasteiger partial charge in [-0.1, -0.05) is 13.3 Å². The molecular weight excluding hydrogens is 230 g/mol. The summed E-state index contributed by atoms with van der Waals surface area (Å²) in [4.78, 5) is 7.07. The number of nitrogens with one attached hydrogen (secondary N) is 1. The lowest BCUT2D eigenvalue weighted by Gasteiger charge is -2.29. The minimum Gasteiger partial charge on any atom is -0.311 e. The van der Waals surface area contributed by atoms with Gasteiger partial charge in [0.1, 0.15) is 5.01 Å². The Hall–Kier alpha value is -0.450. The molecule has 1 aliphatic carbocycles. The molecule has 1 aromatic rings. The zero-order valence-electron chi connectivity index (χ0n) is 10.9. The molecule has 17 heavy (non-hydrogen) atoms. The highest BCUT2D eigenvalue weighted by molar-refractivity contribution is 7.09. The van der Waals surface area contributed by atoms with Crippen LogP contribution in [0.4, 0.5) is 0 Å². The van der Waals surface area contributed by atoms with Gasteiger partial charge in [-0.05, 0) is 32.4 Å². The predicted molar refractivity (Wildman–Crippen MR) is 73.2 cm³/mol. The highest BCUT2D eigenvalue weighted by Gasteiger charge is 2.19. The molecule has 1 aliphatic rings. The van der Waals surface area contributed by atoms with Crippen LogP contribution in [0.1, 0.15) is 36.9 Å². The zero-order valence-corrected chi connectivity index (χ0v) is 11.7. The van der Waals surface area contributed by atoms with E-state index in [2.05, 4.69) is 34.6 Å². The SMILES string of the molecule is CCNCc1nc(CN(C)CC2CCC2)cs1. The second-order valence-corrected chi connectivity index (χ2v) is 5.95. The van der Waals surface area contributed by atoms with Gasteiger partial charge >= 0.3 is 0 Å². The average molecular weight is 253 g/mol. The molecule has 2 rings (SSSR count). The van der Waals surface area contributed by atoms with Crippen molar-refractivity contribution >= 4 is 11.3 Å². The van der Waals surface area contributed by atoms with Crippen molar-refractivity contribution in [2.75, 3.05) is 20.1 Å². The van der Waals surface area contributed by atoms with Crippen LogP contribution in [0.2, 0.25) is 0 Å². The van der Waals surface area contributed by atoms with E-state index in [-0.39, 0.29) is 0 Å². The molecule has 0 aromatic carbocycles. The van der Waals surface area contributed by atoms with Gasteiger partial charge in [-0.15, -0.1) is 11.3 Å². The second-order valence-electron chi connectivity index (χ2n) is 5.01. The van der Waals surface area contributed by atoms with Gasteiger partial charge in [0.15, 0.2) is 0 Å². The minimum absolute atomic E-state index is 0.910. The van der Waals surface area contributed by atoms with Crippen LogP contribution in [0, 0.1) is 5.92 Å². The van der Waals surface area contributed by atoms with Crippen LogP contribution >= 0.6 is 11.3 Å². The molecule has 3 nitrogen and oxygen atoms in total. The largest absolute Gasteiger partial charge is 0.311 e. The lowest BCUT2D eigenvalue weighted by atomic mass is 9.85. The summed E-state index contributed by atoms with van der Waals surface area (Å²) in [5, 5.41) is 6.72. The summed E-state index contributed by atoms with van der Waals surface area (Å²) in [6, 6.07) is 0. The van der Waals surface area contributed by atoms with E-state index >= 15 is 0 Å². The van der Waals surface area contributed by atoms with Gasteiger partial charge in [-0.25, -0.2) is 4.98 Å². The molecule has 0 saturated heterocycles. The lowest BCUT2D eigenvalue weighted by molar-refractivity contribution is 0.199. The first-order valence-corrected chi connectivity index (χ1v) is 7.48. The summed E-state index contributed by atoms with van der Waals surface area (Å²) in [5.41, 5.74) is 1.23. The maximum atomic E-state index is 4.65. The highest BCUT2D eigenvalue weighted by atomic mass is 32.1. The lowest BCUT2D eigenvalue weighted by Crippen LogP contribution is -2.29. The first-order chi connectivity index (χ1) is 8.28. The van der Waals surface area contributed by atoms with Gasteiger partial charge in [0.05, 0.1) is 5.69 Å². The Bertz CT molecular complexity index is 333. The Morgan fingerprint density at radius 3 is 3.00 bits per heavy atom. The van der Waals surface area contributed by atoms with Crippen molar-refractivity contribution < 1.29 is 0 Å². The predicted octanol–water partition coefficient (Wildman–Crippen LogP) is 2.48. The van der Waals surface area contributed by atoms with Crippen molar-refractivity contribution in [3.05, 3.63) is 16.1 Å². The van der Waals surface area contributed by atoms with Crippen LogP contribution in [0.5, 0.6) is 0 Å². The molecule has 1 aromatic heterocycles. The number of rotatable bonds is 7. The van der Waals surface area contributed by atoms with E-state index in [0.717, 1.165) is 25.6 Å². The molecular formula is C13H23N3S. The van der Waals surface area contributed by atoms with Gasteiger partial charge in [-0.2, -0.15) is 0 Å². The van der Waals surface area contributed by atoms with Gasteiger partial charge in [-0.3, -0.25) is 0 Å². The van der Waals surface area contributed by atoms with E-state index in [1.165, 1.54) is 36.5 Å². The summed E-state index contributed by atoms with van der Waals surface area (Å²) in [7, 11) is 2.21. The van der Waals surface area contributed by atoms with Gasteiger partial charge in [0, 0.05) is 25.0 Å². The van der Waals surface area contributed by atoms with E-state index in [4.69, 9.17) is 0 Å². The Labute approximate surface area is 108 Å². The van der Waals surface area contributed by atoms with Crippen LogP contribution in [0.25, 0.3) is 0 Å². The topological polar surface area (TPSA) is 28.2 Å². The van der Waals surface area contributed by atoms with Crippen molar-refractivity contribution in [3.8, 4) is 0 Å². The van der Waals surface area contributed by atoms with Crippen LogP contribution in [-0.4, -0.2) is 30.0 Å². The highest BCUT2D eigenvalue weighted by Crippen LogP contribution is 2.27. The third-order valence-corrected chi connectivity index (χ3v) is 4.25. The molecule has 0 spiro atoms. The number of nitrogens with zero attached hydrogens (tertiary/aromatic N) is 2. The number of aromatic nitrogens is 1. The number of thiazole rings is 1. The molecule has 1 N–H and O–H groups in total. The Morgan fingerprint density at radius 2 is 2.35 bits per heavy atom. The molecule has 96 valence electrons. The van der Waals surface area contributed by atoms with Crippen molar-refractivity contribution in [2.24, 2.45) is 5.92 Å². The number of hydrogen-bond acceptors (Lipinski definition) is 4. The molecule has 0 radical (unpaired) electrons. The van der Waals surface area contributed by atoms with Crippen molar-refractivity contribution in [1.29, 1.82) is 0 Å². The molecule has 4 heteroatoms. The van der Waals surface area contributed by atoms with E-state index in [1.54, 1.807) is 11.3 Å². The molecule has 0 unspecified atom stereocenters. The molecule has 0 bridgehead atoms. The van der Waals surface area contributed by atoms with E-state index in [9.17, 15) is 0 Å². The van der Waals surface area contributed by atoms with Crippen LogP contribution < -0.4 is 5.32 Å². The molecule has 0 atom stereocenters. The van der Waals surface area contributed by atoms with Crippen molar-refractivity contribution in [2.45, 2.75) is 39.3 Å². The third kappa shape index (κ3) is 4.05. The smallest absolute Gasteiger partial charge is 0.107 e. The third-order valence-electron chi connectivity index (χ3n) is 3.35. The summed E-state index contributed by atoms with van der Waals surface area (Å²) in [6.07, 6.45) is 4.28. The van der Waals surface area contributed by atoms with Crippen LogP contribution in [0.3, 0.4) is 0 Å². The second kappa shape index (κ2) is 6.47. The first kappa shape index (κ1) is 13.0. The van der Waals surface area contributed by atoms with Crippen molar-refractivity contribution in [1.82, 2.24) is 15.2 Å². The minimum atomic E-state index is 0.910. The van der Waals surface area contributed by atoms with E-state index in [0.29, 0.717) is 0 Å². The van der Waals surface area contributed by atoms with Gasteiger partial charge in [0.25, 0.3) is 0 Å².